The van der Waals surface area contributed by atoms with Crippen molar-refractivity contribution in [1.29, 1.82) is 0 Å². The first-order valence-corrected chi connectivity index (χ1v) is 11.7. The second-order valence-electron chi connectivity index (χ2n) is 7.09. The number of fused-ring (bicyclic) bond motifs is 1. The van der Waals surface area contributed by atoms with Crippen molar-refractivity contribution >= 4 is 39.7 Å². The Balaban J connectivity index is 1.47. The maximum absolute atomic E-state index is 12.9. The summed E-state index contributed by atoms with van der Waals surface area (Å²) in [7, 11) is 3.12. The molecule has 2 aromatic heterocycles. The summed E-state index contributed by atoms with van der Waals surface area (Å²) < 4.78 is 12.4. The highest BCUT2D eigenvalue weighted by Crippen LogP contribution is 2.28. The Morgan fingerprint density at radius 2 is 1.94 bits per heavy atom. The molecule has 0 unspecified atom stereocenters. The molecule has 0 saturated carbocycles. The van der Waals surface area contributed by atoms with Crippen LogP contribution < -0.4 is 20.3 Å². The number of hydrogen-bond acceptors (Lipinski definition) is 9. The SMILES string of the molecule is COc1ccc(Cc2nnc3sc(SCC(=O)Nc4cccc(C)c4)nn3c2=O)cc1OC. The molecule has 0 radical (unpaired) electrons. The van der Waals surface area contributed by atoms with E-state index in [1.165, 1.54) is 27.6 Å². The van der Waals surface area contributed by atoms with Gasteiger partial charge in [0.05, 0.1) is 20.0 Å². The summed E-state index contributed by atoms with van der Waals surface area (Å²) in [5.41, 5.74) is 2.55. The molecule has 11 heteroatoms. The highest BCUT2D eigenvalue weighted by molar-refractivity contribution is 8.01. The van der Waals surface area contributed by atoms with Gasteiger partial charge in [-0.05, 0) is 42.3 Å². The minimum absolute atomic E-state index is 0.155. The van der Waals surface area contributed by atoms with Crippen LogP contribution in [0.3, 0.4) is 0 Å². The first-order chi connectivity index (χ1) is 16.0. The normalized spacial score (nSPS) is 10.9. The van der Waals surface area contributed by atoms with Gasteiger partial charge in [0.2, 0.25) is 10.9 Å². The number of hydrogen-bond donors (Lipinski definition) is 1. The molecule has 0 fully saturated rings. The van der Waals surface area contributed by atoms with E-state index < -0.39 is 0 Å². The Kier molecular flexibility index (Phi) is 6.90. The Morgan fingerprint density at radius 3 is 2.70 bits per heavy atom. The zero-order chi connectivity index (χ0) is 23.4. The Labute approximate surface area is 197 Å². The van der Waals surface area contributed by atoms with E-state index in [2.05, 4.69) is 20.6 Å². The molecule has 0 aliphatic heterocycles. The van der Waals surface area contributed by atoms with E-state index in [0.717, 1.165) is 16.8 Å². The predicted molar refractivity (Wildman–Crippen MR) is 128 cm³/mol. The molecule has 1 amide bonds. The minimum atomic E-state index is -0.345. The molecule has 170 valence electrons. The Hall–Kier alpha value is -3.44. The van der Waals surface area contributed by atoms with Crippen LogP contribution in [0.25, 0.3) is 4.96 Å². The van der Waals surface area contributed by atoms with Gasteiger partial charge >= 0.3 is 0 Å². The lowest BCUT2D eigenvalue weighted by atomic mass is 10.1. The quantitative estimate of drug-likeness (QED) is 0.381. The maximum Gasteiger partial charge on any atom is 0.297 e. The molecular formula is C22H21N5O4S2. The van der Waals surface area contributed by atoms with Crippen LogP contribution in [0.5, 0.6) is 11.5 Å². The lowest BCUT2D eigenvalue weighted by Gasteiger charge is -2.09. The van der Waals surface area contributed by atoms with Crippen molar-refractivity contribution < 1.29 is 14.3 Å². The third-order valence-electron chi connectivity index (χ3n) is 4.69. The van der Waals surface area contributed by atoms with Crippen LogP contribution in [0.4, 0.5) is 5.69 Å². The number of anilines is 1. The first kappa shape index (κ1) is 22.7. The molecule has 0 bridgehead atoms. The number of aryl methyl sites for hydroxylation is 1. The number of carbonyl (C=O) groups excluding carboxylic acids is 1. The lowest BCUT2D eigenvalue weighted by molar-refractivity contribution is -0.113. The van der Waals surface area contributed by atoms with Gasteiger partial charge in [-0.2, -0.15) is 4.52 Å². The fraction of sp³-hybridized carbons (Fsp3) is 0.227. The smallest absolute Gasteiger partial charge is 0.297 e. The Bertz CT molecular complexity index is 1370. The molecular weight excluding hydrogens is 462 g/mol. The standard InChI is InChI=1S/C22H21N5O4S2/c1-13-5-4-6-15(9-13)23-19(28)12-32-22-26-27-20(29)16(24-25-21(27)33-22)10-14-7-8-17(30-2)18(11-14)31-3/h4-9,11H,10,12H2,1-3H3,(H,23,28). The lowest BCUT2D eigenvalue weighted by Crippen LogP contribution is -2.22. The molecule has 4 aromatic rings. The van der Waals surface area contributed by atoms with Crippen LogP contribution in [0.2, 0.25) is 0 Å². The topological polar surface area (TPSA) is 108 Å². The second-order valence-corrected chi connectivity index (χ2v) is 9.27. The summed E-state index contributed by atoms with van der Waals surface area (Å²) in [6.45, 7) is 1.96. The largest absolute Gasteiger partial charge is 0.493 e. The number of methoxy groups -OCH3 is 2. The van der Waals surface area contributed by atoms with Gasteiger partial charge < -0.3 is 14.8 Å². The van der Waals surface area contributed by atoms with Crippen molar-refractivity contribution in [3.05, 3.63) is 69.6 Å². The van der Waals surface area contributed by atoms with E-state index >= 15 is 0 Å². The number of aromatic nitrogens is 4. The highest BCUT2D eigenvalue weighted by Gasteiger charge is 2.15. The molecule has 9 nitrogen and oxygen atoms in total. The van der Waals surface area contributed by atoms with Crippen LogP contribution in [0.15, 0.2) is 51.6 Å². The van der Waals surface area contributed by atoms with E-state index in [-0.39, 0.29) is 29.3 Å². The van der Waals surface area contributed by atoms with Crippen molar-refractivity contribution in [1.82, 2.24) is 19.8 Å². The summed E-state index contributed by atoms with van der Waals surface area (Å²) in [5.74, 6) is 1.18. The van der Waals surface area contributed by atoms with Gasteiger partial charge in [-0.15, -0.1) is 15.3 Å². The van der Waals surface area contributed by atoms with E-state index in [1.807, 2.05) is 37.3 Å². The number of thioether (sulfide) groups is 1. The average molecular weight is 484 g/mol. The molecule has 0 spiro atoms. The van der Waals surface area contributed by atoms with Crippen LogP contribution in [0, 0.1) is 6.92 Å². The number of amides is 1. The van der Waals surface area contributed by atoms with E-state index in [4.69, 9.17) is 9.47 Å². The molecule has 0 aliphatic rings. The number of carbonyl (C=O) groups is 1. The minimum Gasteiger partial charge on any atom is -0.493 e. The fourth-order valence-corrected chi connectivity index (χ4v) is 4.80. The first-order valence-electron chi connectivity index (χ1n) is 9.92. The zero-order valence-corrected chi connectivity index (χ0v) is 19.8. The summed E-state index contributed by atoms with van der Waals surface area (Å²) in [4.78, 5) is 25.5. The van der Waals surface area contributed by atoms with Gasteiger partial charge in [-0.3, -0.25) is 9.59 Å². The second kappa shape index (κ2) is 10.0. The van der Waals surface area contributed by atoms with Crippen molar-refractivity contribution in [3.8, 4) is 11.5 Å². The molecule has 1 N–H and O–H groups in total. The van der Waals surface area contributed by atoms with Crippen LogP contribution in [0.1, 0.15) is 16.8 Å². The van der Waals surface area contributed by atoms with Crippen LogP contribution >= 0.6 is 23.1 Å². The van der Waals surface area contributed by atoms with Gasteiger partial charge in [-0.1, -0.05) is 41.3 Å². The molecule has 0 aliphatic carbocycles. The zero-order valence-electron chi connectivity index (χ0n) is 18.2. The number of rotatable bonds is 8. The van der Waals surface area contributed by atoms with Crippen LogP contribution in [-0.4, -0.2) is 45.7 Å². The van der Waals surface area contributed by atoms with Crippen molar-refractivity contribution in [2.75, 3.05) is 25.3 Å². The summed E-state index contributed by atoms with van der Waals surface area (Å²) in [6.07, 6.45) is 0.272. The summed E-state index contributed by atoms with van der Waals surface area (Å²) in [6, 6.07) is 13.0. The number of benzene rings is 2. The van der Waals surface area contributed by atoms with Gasteiger partial charge in [0.15, 0.2) is 15.8 Å². The van der Waals surface area contributed by atoms with Gasteiger partial charge in [0, 0.05) is 12.1 Å². The van der Waals surface area contributed by atoms with E-state index in [0.29, 0.717) is 20.8 Å². The highest BCUT2D eigenvalue weighted by atomic mass is 32.2. The summed E-state index contributed by atoms with van der Waals surface area (Å²) in [5, 5.41) is 15.4. The summed E-state index contributed by atoms with van der Waals surface area (Å²) >= 11 is 2.46. The Morgan fingerprint density at radius 1 is 1.12 bits per heavy atom. The van der Waals surface area contributed by atoms with Gasteiger partial charge in [0.1, 0.15) is 5.69 Å². The number of ether oxygens (including phenoxy) is 2. The van der Waals surface area contributed by atoms with Crippen molar-refractivity contribution in [2.45, 2.75) is 17.7 Å². The van der Waals surface area contributed by atoms with Gasteiger partial charge in [-0.25, -0.2) is 0 Å². The third-order valence-corrected chi connectivity index (χ3v) is 6.72. The number of nitrogens with zero attached hydrogens (tertiary/aromatic N) is 4. The van der Waals surface area contributed by atoms with Crippen molar-refractivity contribution in [2.24, 2.45) is 0 Å². The van der Waals surface area contributed by atoms with E-state index in [1.54, 1.807) is 26.4 Å². The van der Waals surface area contributed by atoms with Crippen molar-refractivity contribution in [3.63, 3.8) is 0 Å². The molecule has 33 heavy (non-hydrogen) atoms. The van der Waals surface area contributed by atoms with Crippen LogP contribution in [-0.2, 0) is 11.2 Å². The molecule has 0 atom stereocenters. The maximum atomic E-state index is 12.9. The predicted octanol–water partition coefficient (Wildman–Crippen LogP) is 3.19. The molecule has 2 heterocycles. The fourth-order valence-electron chi connectivity index (χ4n) is 3.13. The van der Waals surface area contributed by atoms with Gasteiger partial charge in [0.25, 0.3) is 5.56 Å². The monoisotopic (exact) mass is 483 g/mol. The van der Waals surface area contributed by atoms with E-state index in [9.17, 15) is 9.59 Å². The molecule has 2 aromatic carbocycles. The molecule has 0 saturated heterocycles. The average Bonchev–Trinajstić information content (AvgIpc) is 3.23. The third kappa shape index (κ3) is 5.32. The molecule has 4 rings (SSSR count). The number of nitrogens with one attached hydrogen (secondary N) is 1.